The number of carbonyl (C=O) groups is 1. The third kappa shape index (κ3) is 5.69. The van der Waals surface area contributed by atoms with Crippen molar-refractivity contribution in [2.45, 2.75) is 25.4 Å². The van der Waals surface area contributed by atoms with E-state index in [2.05, 4.69) is 25.5 Å². The maximum absolute atomic E-state index is 15.2. The molecule has 0 saturated carbocycles. The third-order valence-corrected chi connectivity index (χ3v) is 6.57. The number of benzene rings is 1. The molecule has 1 aliphatic rings. The summed E-state index contributed by atoms with van der Waals surface area (Å²) in [6.45, 7) is 2.93. The molecule has 2 aromatic heterocycles. The van der Waals surface area contributed by atoms with Gasteiger partial charge in [0.25, 0.3) is 0 Å². The van der Waals surface area contributed by atoms with Gasteiger partial charge in [0.2, 0.25) is 0 Å². The Bertz CT molecular complexity index is 1300. The summed E-state index contributed by atoms with van der Waals surface area (Å²) in [5.41, 5.74) is 15.4. The summed E-state index contributed by atoms with van der Waals surface area (Å²) in [5, 5.41) is 6.51. The molecule has 1 aliphatic heterocycles. The molecular formula is C27H31F2N7O. The number of piperidine rings is 1. The summed E-state index contributed by atoms with van der Waals surface area (Å²) in [6.07, 6.45) is 6.08. The van der Waals surface area contributed by atoms with Gasteiger partial charge in [-0.3, -0.25) is 9.78 Å². The van der Waals surface area contributed by atoms with Crippen LogP contribution in [0.3, 0.4) is 0 Å². The Hall–Kier alpha value is -4.05. The molecule has 3 heterocycles. The number of halogens is 2. The van der Waals surface area contributed by atoms with Gasteiger partial charge in [0.15, 0.2) is 6.29 Å². The third-order valence-electron chi connectivity index (χ3n) is 6.57. The first-order valence-electron chi connectivity index (χ1n) is 12.0. The Kier molecular flexibility index (Phi) is 7.98. The van der Waals surface area contributed by atoms with E-state index in [1.807, 2.05) is 13.1 Å². The molecule has 1 saturated heterocycles. The van der Waals surface area contributed by atoms with Crippen LogP contribution in [0, 0.1) is 17.6 Å². The molecule has 0 spiro atoms. The molecule has 3 aromatic rings. The SMILES string of the molecule is CNc1cnccc1N1CC(N)C(N/C=C(/C)N)C(Cc2cccc(F)c2-c2nc(C=O)ccc2F)C1. The van der Waals surface area contributed by atoms with E-state index in [0.29, 0.717) is 37.1 Å². The number of aldehydes is 1. The quantitative estimate of drug-likeness (QED) is 0.343. The first-order chi connectivity index (χ1) is 17.8. The van der Waals surface area contributed by atoms with E-state index in [0.717, 1.165) is 17.4 Å². The van der Waals surface area contributed by atoms with Crippen LogP contribution in [0.1, 0.15) is 23.0 Å². The highest BCUT2D eigenvalue weighted by Crippen LogP contribution is 2.34. The van der Waals surface area contributed by atoms with E-state index in [9.17, 15) is 9.18 Å². The molecule has 4 rings (SSSR count). The number of aromatic nitrogens is 2. The van der Waals surface area contributed by atoms with Crippen molar-refractivity contribution in [3.05, 3.63) is 83.6 Å². The van der Waals surface area contributed by atoms with E-state index in [1.165, 1.54) is 12.1 Å². The number of anilines is 2. The molecule has 1 fully saturated rings. The van der Waals surface area contributed by atoms with Crippen LogP contribution in [0.15, 0.2) is 60.7 Å². The fraction of sp³-hybridized carbons (Fsp3) is 0.296. The van der Waals surface area contributed by atoms with E-state index in [4.69, 9.17) is 11.5 Å². The molecule has 1 aromatic carbocycles. The molecule has 37 heavy (non-hydrogen) atoms. The highest BCUT2D eigenvalue weighted by Gasteiger charge is 2.36. The van der Waals surface area contributed by atoms with Gasteiger partial charge in [-0.1, -0.05) is 12.1 Å². The smallest absolute Gasteiger partial charge is 0.168 e. The van der Waals surface area contributed by atoms with Crippen molar-refractivity contribution in [2.24, 2.45) is 17.4 Å². The molecule has 10 heteroatoms. The van der Waals surface area contributed by atoms with Crippen LogP contribution in [0.25, 0.3) is 11.3 Å². The average Bonchev–Trinajstić information content (AvgIpc) is 2.88. The van der Waals surface area contributed by atoms with Crippen molar-refractivity contribution < 1.29 is 13.6 Å². The summed E-state index contributed by atoms with van der Waals surface area (Å²) in [4.78, 5) is 21.7. The number of rotatable bonds is 8. The lowest BCUT2D eigenvalue weighted by molar-refractivity contribution is 0.111. The number of nitrogens with zero attached hydrogens (tertiary/aromatic N) is 3. The van der Waals surface area contributed by atoms with Gasteiger partial charge in [0, 0.05) is 61.8 Å². The Morgan fingerprint density at radius 1 is 1.19 bits per heavy atom. The van der Waals surface area contributed by atoms with E-state index < -0.39 is 11.6 Å². The fourth-order valence-electron chi connectivity index (χ4n) is 4.90. The molecule has 3 atom stereocenters. The van der Waals surface area contributed by atoms with Crippen molar-refractivity contribution >= 4 is 17.7 Å². The Morgan fingerprint density at radius 2 is 2.00 bits per heavy atom. The molecular weight excluding hydrogens is 476 g/mol. The highest BCUT2D eigenvalue weighted by atomic mass is 19.1. The molecule has 0 bridgehead atoms. The van der Waals surface area contributed by atoms with Gasteiger partial charge < -0.3 is 27.0 Å². The first kappa shape index (κ1) is 26.0. The van der Waals surface area contributed by atoms with Crippen LogP contribution >= 0.6 is 0 Å². The van der Waals surface area contributed by atoms with Gasteiger partial charge in [-0.25, -0.2) is 13.8 Å². The lowest BCUT2D eigenvalue weighted by atomic mass is 9.82. The monoisotopic (exact) mass is 507 g/mol. The number of pyridine rings is 2. The molecule has 0 amide bonds. The predicted octanol–water partition coefficient (Wildman–Crippen LogP) is 3.06. The number of nitrogens with one attached hydrogen (secondary N) is 2. The van der Waals surface area contributed by atoms with Crippen LogP contribution in [-0.2, 0) is 6.42 Å². The summed E-state index contributed by atoms with van der Waals surface area (Å²) in [5.74, 6) is -1.43. The Balaban J connectivity index is 1.75. The fourth-order valence-corrected chi connectivity index (χ4v) is 4.90. The Labute approximate surface area is 214 Å². The molecule has 0 aliphatic carbocycles. The van der Waals surface area contributed by atoms with Gasteiger partial charge in [-0.15, -0.1) is 0 Å². The summed E-state index contributed by atoms with van der Waals surface area (Å²) < 4.78 is 30.0. The second kappa shape index (κ2) is 11.3. The van der Waals surface area contributed by atoms with Gasteiger partial charge in [0.05, 0.1) is 17.6 Å². The minimum absolute atomic E-state index is 0.0249. The minimum Gasteiger partial charge on any atom is -0.401 e. The van der Waals surface area contributed by atoms with Crippen LogP contribution in [0.4, 0.5) is 20.2 Å². The zero-order valence-electron chi connectivity index (χ0n) is 20.8. The van der Waals surface area contributed by atoms with Crippen molar-refractivity contribution in [1.29, 1.82) is 0 Å². The zero-order valence-corrected chi connectivity index (χ0v) is 20.8. The summed E-state index contributed by atoms with van der Waals surface area (Å²) in [7, 11) is 1.83. The van der Waals surface area contributed by atoms with Crippen LogP contribution < -0.4 is 27.0 Å². The topological polar surface area (TPSA) is 122 Å². The molecule has 3 unspecified atom stereocenters. The molecule has 6 N–H and O–H groups in total. The van der Waals surface area contributed by atoms with Crippen LogP contribution in [-0.4, -0.2) is 48.5 Å². The average molecular weight is 508 g/mol. The van der Waals surface area contributed by atoms with E-state index >= 15 is 4.39 Å². The summed E-state index contributed by atoms with van der Waals surface area (Å²) in [6, 6.07) is 8.43. The van der Waals surface area contributed by atoms with Crippen LogP contribution in [0.5, 0.6) is 0 Å². The maximum atomic E-state index is 15.2. The molecule has 8 nitrogen and oxygen atoms in total. The lowest BCUT2D eigenvalue weighted by Gasteiger charge is -2.44. The standard InChI is InChI=1S/C27H31F2N7O/c1-16(30)11-34-26-18(13-36(14-22(26)31)24-8-9-33-12-23(24)32-2)10-17-4-3-5-20(28)25(17)27-21(29)7-6-19(15-37)35-27/h3-9,11-12,15,18,22,26,32,34H,10,13-14,30-31H2,1-2H3/b16-11-. The van der Waals surface area contributed by atoms with Gasteiger partial charge in [-0.05, 0) is 43.2 Å². The maximum Gasteiger partial charge on any atom is 0.168 e. The highest BCUT2D eigenvalue weighted by molar-refractivity contribution is 5.75. The zero-order chi connectivity index (χ0) is 26.5. The number of allylic oxidation sites excluding steroid dienone is 1. The summed E-state index contributed by atoms with van der Waals surface area (Å²) >= 11 is 0. The van der Waals surface area contributed by atoms with Crippen LogP contribution in [0.2, 0.25) is 0 Å². The van der Waals surface area contributed by atoms with Crippen molar-refractivity contribution in [3.63, 3.8) is 0 Å². The number of nitrogens with two attached hydrogens (primary N) is 2. The largest absolute Gasteiger partial charge is 0.401 e. The van der Waals surface area contributed by atoms with E-state index in [-0.39, 0.29) is 35.0 Å². The lowest BCUT2D eigenvalue weighted by Crippen LogP contribution is -2.61. The van der Waals surface area contributed by atoms with Crippen molar-refractivity contribution in [3.8, 4) is 11.3 Å². The predicted molar refractivity (Wildman–Crippen MR) is 141 cm³/mol. The number of hydrogen-bond acceptors (Lipinski definition) is 8. The number of hydrogen-bond donors (Lipinski definition) is 4. The molecule has 194 valence electrons. The first-order valence-corrected chi connectivity index (χ1v) is 12.0. The van der Waals surface area contributed by atoms with E-state index in [1.54, 1.807) is 37.7 Å². The minimum atomic E-state index is -0.703. The van der Waals surface area contributed by atoms with Crippen molar-refractivity contribution in [2.75, 3.05) is 30.4 Å². The van der Waals surface area contributed by atoms with Gasteiger partial charge in [-0.2, -0.15) is 0 Å². The van der Waals surface area contributed by atoms with Gasteiger partial charge >= 0.3 is 0 Å². The van der Waals surface area contributed by atoms with Crippen molar-refractivity contribution in [1.82, 2.24) is 15.3 Å². The normalized spacial score (nSPS) is 20.0. The van der Waals surface area contributed by atoms with Gasteiger partial charge in [0.1, 0.15) is 23.0 Å². The Morgan fingerprint density at radius 3 is 2.73 bits per heavy atom. The number of carbonyl (C=O) groups excluding carboxylic acids is 1. The second-order valence-electron chi connectivity index (χ2n) is 9.22. The molecule has 0 radical (unpaired) electrons. The second-order valence-corrected chi connectivity index (χ2v) is 9.22.